The molecule has 1 aromatic carbocycles. The van der Waals surface area contributed by atoms with E-state index in [-0.39, 0.29) is 10.7 Å². The van der Waals surface area contributed by atoms with Crippen LogP contribution in [0, 0.1) is 5.41 Å². The molecule has 0 aliphatic heterocycles. The maximum Gasteiger partial charge on any atom is 0.0564 e. The quantitative estimate of drug-likeness (QED) is 0.717. The van der Waals surface area contributed by atoms with Crippen LogP contribution in [-0.4, -0.2) is 9.46 Å². The maximum absolute atomic E-state index is 12.5. The molecule has 0 fully saturated rings. The van der Waals surface area contributed by atoms with Gasteiger partial charge >= 0.3 is 0 Å². The normalized spacial score (nSPS) is 15.2. The van der Waals surface area contributed by atoms with Gasteiger partial charge in [-0.2, -0.15) is 0 Å². The van der Waals surface area contributed by atoms with Gasteiger partial charge in [-0.3, -0.25) is 4.21 Å². The summed E-state index contributed by atoms with van der Waals surface area (Å²) in [6.45, 7) is 10.3. The van der Waals surface area contributed by atoms with Gasteiger partial charge in [0.2, 0.25) is 0 Å². The largest absolute Gasteiger partial charge is 0.254 e. The fourth-order valence-electron chi connectivity index (χ4n) is 1.86. The van der Waals surface area contributed by atoms with Crippen molar-refractivity contribution in [2.24, 2.45) is 5.41 Å². The van der Waals surface area contributed by atoms with E-state index >= 15 is 0 Å². The van der Waals surface area contributed by atoms with E-state index in [9.17, 15) is 4.21 Å². The predicted molar refractivity (Wildman–Crippen MR) is 75.5 cm³/mol. The molecule has 0 aromatic heterocycles. The summed E-state index contributed by atoms with van der Waals surface area (Å²) in [6, 6.07) is 9.71. The van der Waals surface area contributed by atoms with Gasteiger partial charge in [-0.1, -0.05) is 45.0 Å². The molecule has 0 saturated carbocycles. The molecular formula is C15H22OS. The van der Waals surface area contributed by atoms with E-state index in [0.717, 1.165) is 17.7 Å². The van der Waals surface area contributed by atoms with Crippen molar-refractivity contribution in [3.8, 4) is 0 Å². The Morgan fingerprint density at radius 1 is 1.29 bits per heavy atom. The summed E-state index contributed by atoms with van der Waals surface area (Å²) < 4.78 is 12.5. The van der Waals surface area contributed by atoms with Gasteiger partial charge < -0.3 is 0 Å². The number of rotatable bonds is 5. The average molecular weight is 250 g/mol. The standard InChI is InChI=1S/C15H22OS/c1-5-9-14(12-15(2,3)4)17(16)13-10-7-6-8-11-13/h5-8,10-11,14H,1,9,12H2,2-4H3/t14-,17-/m0/s1. The Balaban J connectivity index is 2.84. The lowest BCUT2D eigenvalue weighted by molar-refractivity contribution is 0.369. The molecule has 0 amide bonds. The molecule has 1 aromatic rings. The zero-order valence-corrected chi connectivity index (χ0v) is 11.8. The molecule has 0 spiro atoms. The van der Waals surface area contributed by atoms with Crippen molar-refractivity contribution in [3.63, 3.8) is 0 Å². The molecule has 0 bridgehead atoms. The van der Waals surface area contributed by atoms with Crippen molar-refractivity contribution in [3.05, 3.63) is 43.0 Å². The van der Waals surface area contributed by atoms with Gasteiger partial charge in [-0.05, 0) is 30.4 Å². The third-order valence-electron chi connectivity index (χ3n) is 2.55. The van der Waals surface area contributed by atoms with E-state index in [1.165, 1.54) is 0 Å². The fraction of sp³-hybridized carbons (Fsp3) is 0.467. The van der Waals surface area contributed by atoms with Crippen LogP contribution in [0.2, 0.25) is 0 Å². The van der Waals surface area contributed by atoms with Crippen molar-refractivity contribution in [1.29, 1.82) is 0 Å². The highest BCUT2D eigenvalue weighted by atomic mass is 32.2. The number of allylic oxidation sites excluding steroid dienone is 1. The number of benzene rings is 1. The lowest BCUT2D eigenvalue weighted by atomic mass is 9.89. The summed E-state index contributed by atoms with van der Waals surface area (Å²) in [7, 11) is -0.939. The van der Waals surface area contributed by atoms with Gasteiger partial charge in [0.05, 0.1) is 10.8 Å². The molecule has 2 atom stereocenters. The van der Waals surface area contributed by atoms with E-state index in [2.05, 4.69) is 27.4 Å². The Morgan fingerprint density at radius 2 is 1.88 bits per heavy atom. The summed E-state index contributed by atoms with van der Waals surface area (Å²) in [4.78, 5) is 0.920. The van der Waals surface area contributed by atoms with Crippen molar-refractivity contribution in [2.45, 2.75) is 43.8 Å². The third kappa shape index (κ3) is 4.86. The minimum absolute atomic E-state index is 0.162. The van der Waals surface area contributed by atoms with Gasteiger partial charge in [0.1, 0.15) is 0 Å². The monoisotopic (exact) mass is 250 g/mol. The van der Waals surface area contributed by atoms with Gasteiger partial charge in [-0.25, -0.2) is 0 Å². The molecule has 1 nitrogen and oxygen atoms in total. The van der Waals surface area contributed by atoms with E-state index in [1.807, 2.05) is 36.4 Å². The predicted octanol–water partition coefficient (Wildman–Crippen LogP) is 4.18. The zero-order chi connectivity index (χ0) is 12.9. The second-order valence-electron chi connectivity index (χ2n) is 5.52. The zero-order valence-electron chi connectivity index (χ0n) is 11.0. The van der Waals surface area contributed by atoms with Crippen molar-refractivity contribution in [1.82, 2.24) is 0 Å². The molecule has 0 aliphatic rings. The van der Waals surface area contributed by atoms with Gasteiger partial charge in [-0.15, -0.1) is 6.58 Å². The summed E-state index contributed by atoms with van der Waals surface area (Å²) in [5.41, 5.74) is 0.193. The van der Waals surface area contributed by atoms with Crippen molar-refractivity contribution >= 4 is 10.8 Å². The first-order valence-corrected chi connectivity index (χ1v) is 7.22. The Morgan fingerprint density at radius 3 is 2.35 bits per heavy atom. The highest BCUT2D eigenvalue weighted by Crippen LogP contribution is 2.27. The van der Waals surface area contributed by atoms with Gasteiger partial charge in [0.25, 0.3) is 0 Å². The molecule has 0 heterocycles. The van der Waals surface area contributed by atoms with Crippen molar-refractivity contribution < 1.29 is 4.21 Å². The van der Waals surface area contributed by atoms with Crippen LogP contribution in [0.25, 0.3) is 0 Å². The SMILES string of the molecule is C=CC[C@@H](CC(C)(C)C)[S@@](=O)c1ccccc1. The third-order valence-corrected chi connectivity index (χ3v) is 4.25. The number of hydrogen-bond acceptors (Lipinski definition) is 1. The van der Waals surface area contributed by atoms with E-state index in [1.54, 1.807) is 0 Å². The Labute approximate surface area is 107 Å². The van der Waals surface area contributed by atoms with Crippen LogP contribution in [0.4, 0.5) is 0 Å². The molecular weight excluding hydrogens is 228 g/mol. The molecule has 94 valence electrons. The summed E-state index contributed by atoms with van der Waals surface area (Å²) >= 11 is 0. The topological polar surface area (TPSA) is 17.1 Å². The number of hydrogen-bond donors (Lipinski definition) is 0. The van der Waals surface area contributed by atoms with Crippen LogP contribution in [0.1, 0.15) is 33.6 Å². The molecule has 0 radical (unpaired) electrons. The maximum atomic E-state index is 12.5. The Bertz CT molecular complexity index is 376. The van der Waals surface area contributed by atoms with Gasteiger partial charge in [0.15, 0.2) is 0 Å². The smallest absolute Gasteiger partial charge is 0.0564 e. The first-order chi connectivity index (χ1) is 7.94. The van der Waals surface area contributed by atoms with E-state index < -0.39 is 10.8 Å². The second-order valence-corrected chi connectivity index (χ2v) is 7.25. The molecule has 0 aliphatic carbocycles. The molecule has 0 unspecified atom stereocenters. The average Bonchev–Trinajstić information content (AvgIpc) is 2.27. The van der Waals surface area contributed by atoms with Crippen LogP contribution in [-0.2, 0) is 10.8 Å². The fourth-order valence-corrected chi connectivity index (χ4v) is 3.63. The van der Waals surface area contributed by atoms with Crippen LogP contribution in [0.3, 0.4) is 0 Å². The molecule has 2 heteroatoms. The van der Waals surface area contributed by atoms with Crippen LogP contribution < -0.4 is 0 Å². The minimum Gasteiger partial charge on any atom is -0.254 e. The summed E-state index contributed by atoms with van der Waals surface area (Å²) in [5, 5.41) is 0.162. The summed E-state index contributed by atoms with van der Waals surface area (Å²) in [6.07, 6.45) is 3.62. The first-order valence-electron chi connectivity index (χ1n) is 6.00. The van der Waals surface area contributed by atoms with Gasteiger partial charge in [0, 0.05) is 10.1 Å². The van der Waals surface area contributed by atoms with Crippen molar-refractivity contribution in [2.75, 3.05) is 0 Å². The highest BCUT2D eigenvalue weighted by Gasteiger charge is 2.23. The molecule has 17 heavy (non-hydrogen) atoms. The summed E-state index contributed by atoms with van der Waals surface area (Å²) in [5.74, 6) is 0. The lowest BCUT2D eigenvalue weighted by Gasteiger charge is -2.24. The first kappa shape index (κ1) is 14.2. The Hall–Kier alpha value is -0.890. The lowest BCUT2D eigenvalue weighted by Crippen LogP contribution is -2.22. The molecule has 0 saturated heterocycles. The van der Waals surface area contributed by atoms with E-state index in [4.69, 9.17) is 0 Å². The molecule has 0 N–H and O–H groups in total. The molecule has 1 rings (SSSR count). The highest BCUT2D eigenvalue weighted by molar-refractivity contribution is 7.85. The van der Waals surface area contributed by atoms with E-state index in [0.29, 0.717) is 0 Å². The van der Waals surface area contributed by atoms with Crippen LogP contribution in [0.15, 0.2) is 47.9 Å². The minimum atomic E-state index is -0.939. The Kier molecular flexibility index (Phi) is 5.13. The van der Waals surface area contributed by atoms with Crippen LogP contribution >= 0.6 is 0 Å². The second kappa shape index (κ2) is 6.15. The van der Waals surface area contributed by atoms with Crippen LogP contribution in [0.5, 0.6) is 0 Å².